The molecule has 0 bridgehead atoms. The Balaban J connectivity index is 1.16. The lowest BCUT2D eigenvalue weighted by molar-refractivity contribution is 1.07. The molecule has 0 spiro atoms. The quantitative estimate of drug-likeness (QED) is 0.170. The normalized spacial score (nSPS) is 11.6. The van der Waals surface area contributed by atoms with Crippen LogP contribution in [-0.2, 0) is 0 Å². The number of thiophene rings is 2. The minimum absolute atomic E-state index is 0.621. The van der Waals surface area contributed by atoms with E-state index in [1.807, 2.05) is 53.1 Å². The van der Waals surface area contributed by atoms with Crippen molar-refractivity contribution >= 4 is 63.0 Å². The van der Waals surface area contributed by atoms with Crippen molar-refractivity contribution in [1.82, 2.24) is 19.9 Å². The van der Waals surface area contributed by atoms with Gasteiger partial charge in [-0.15, -0.1) is 22.7 Å². The molecule has 4 aromatic heterocycles. The number of rotatable bonds is 6. The van der Waals surface area contributed by atoms with Crippen molar-refractivity contribution in [3.63, 3.8) is 0 Å². The third-order valence-corrected chi connectivity index (χ3v) is 12.7. The van der Waals surface area contributed by atoms with Crippen molar-refractivity contribution in [2.45, 2.75) is 0 Å². The fourth-order valence-electron chi connectivity index (χ4n) is 7.79. The first-order chi connectivity index (χ1) is 27.7. The maximum absolute atomic E-state index is 5.25. The van der Waals surface area contributed by atoms with Gasteiger partial charge in [0.15, 0.2) is 17.5 Å². The molecule has 0 radical (unpaired) electrons. The average molecular weight is 751 g/mol. The minimum atomic E-state index is 0.621. The van der Waals surface area contributed by atoms with Crippen molar-refractivity contribution in [3.05, 3.63) is 182 Å². The fraction of sp³-hybridized carbons (Fsp3) is 0. The summed E-state index contributed by atoms with van der Waals surface area (Å²) in [6.45, 7) is 0. The second kappa shape index (κ2) is 13.5. The van der Waals surface area contributed by atoms with Crippen LogP contribution in [-0.4, -0.2) is 19.9 Å². The standard InChI is InChI=1S/C50H30N4S2/c1-2-11-32(12-3-1)48-52-49(33-24-22-31(23-25-33)34-13-10-26-51-30-34)54-50(53-48)37-28-35(38-16-8-20-44-46(38)40-14-4-6-18-42(40)55-44)27-36(29-37)39-17-9-21-45-47(39)41-15-5-7-19-43(41)56-45/h1-30H. The van der Waals surface area contributed by atoms with Crippen LogP contribution in [0.3, 0.4) is 0 Å². The van der Waals surface area contributed by atoms with E-state index in [0.29, 0.717) is 17.5 Å². The third-order valence-electron chi connectivity index (χ3n) is 10.4. The van der Waals surface area contributed by atoms with E-state index < -0.39 is 0 Å². The maximum atomic E-state index is 5.25. The van der Waals surface area contributed by atoms with Gasteiger partial charge in [-0.2, -0.15) is 0 Å². The number of fused-ring (bicyclic) bond motifs is 6. The van der Waals surface area contributed by atoms with Gasteiger partial charge in [-0.1, -0.05) is 121 Å². The highest BCUT2D eigenvalue weighted by Gasteiger charge is 2.19. The highest BCUT2D eigenvalue weighted by Crippen LogP contribution is 2.45. The van der Waals surface area contributed by atoms with Crippen molar-refractivity contribution in [2.75, 3.05) is 0 Å². The summed E-state index contributed by atoms with van der Waals surface area (Å²) in [6, 6.07) is 60.2. The molecule has 0 amide bonds. The lowest BCUT2D eigenvalue weighted by atomic mass is 9.92. The predicted molar refractivity (Wildman–Crippen MR) is 236 cm³/mol. The van der Waals surface area contributed by atoms with Crippen LogP contribution in [0.4, 0.5) is 0 Å². The number of pyridine rings is 1. The van der Waals surface area contributed by atoms with E-state index in [1.54, 1.807) is 6.20 Å². The molecule has 0 aliphatic heterocycles. The first kappa shape index (κ1) is 32.6. The molecule has 11 aromatic rings. The first-order valence-electron chi connectivity index (χ1n) is 18.5. The molecule has 0 saturated carbocycles. The zero-order valence-corrected chi connectivity index (χ0v) is 31.6. The van der Waals surface area contributed by atoms with Gasteiger partial charge in [-0.25, -0.2) is 15.0 Å². The van der Waals surface area contributed by atoms with Crippen LogP contribution in [0, 0.1) is 0 Å². The maximum Gasteiger partial charge on any atom is 0.164 e. The van der Waals surface area contributed by atoms with Crippen LogP contribution in [0.2, 0.25) is 0 Å². The zero-order chi connectivity index (χ0) is 37.0. The lowest BCUT2D eigenvalue weighted by Gasteiger charge is -2.14. The van der Waals surface area contributed by atoms with E-state index in [9.17, 15) is 0 Å². The summed E-state index contributed by atoms with van der Waals surface area (Å²) in [6.07, 6.45) is 3.68. The Labute approximate surface area is 331 Å². The van der Waals surface area contributed by atoms with E-state index >= 15 is 0 Å². The number of nitrogens with zero attached hydrogens (tertiary/aromatic N) is 4. The Morgan fingerprint density at radius 1 is 0.321 bits per heavy atom. The van der Waals surface area contributed by atoms with E-state index in [4.69, 9.17) is 15.0 Å². The predicted octanol–water partition coefficient (Wildman–Crippen LogP) is 14.0. The van der Waals surface area contributed by atoms with E-state index in [0.717, 1.165) is 38.9 Å². The smallest absolute Gasteiger partial charge is 0.164 e. The molecule has 7 aromatic carbocycles. The molecular formula is C50H30N4S2. The van der Waals surface area contributed by atoms with Crippen LogP contribution >= 0.6 is 22.7 Å². The summed E-state index contributed by atoms with van der Waals surface area (Å²) >= 11 is 3.68. The fourth-order valence-corrected chi connectivity index (χ4v) is 10.1. The van der Waals surface area contributed by atoms with Gasteiger partial charge in [0.1, 0.15) is 0 Å². The van der Waals surface area contributed by atoms with Crippen LogP contribution in [0.1, 0.15) is 0 Å². The van der Waals surface area contributed by atoms with Crippen molar-refractivity contribution in [1.29, 1.82) is 0 Å². The number of hydrogen-bond acceptors (Lipinski definition) is 6. The summed E-state index contributed by atoms with van der Waals surface area (Å²) in [5.41, 5.74) is 9.54. The summed E-state index contributed by atoms with van der Waals surface area (Å²) in [5.74, 6) is 1.87. The molecule has 262 valence electrons. The molecular weight excluding hydrogens is 721 g/mol. The molecule has 0 aliphatic carbocycles. The van der Waals surface area contributed by atoms with Gasteiger partial charge in [0.25, 0.3) is 0 Å². The molecule has 0 unspecified atom stereocenters. The highest BCUT2D eigenvalue weighted by molar-refractivity contribution is 7.26. The molecule has 56 heavy (non-hydrogen) atoms. The van der Waals surface area contributed by atoms with Gasteiger partial charge < -0.3 is 0 Å². The van der Waals surface area contributed by atoms with Crippen LogP contribution < -0.4 is 0 Å². The molecule has 6 heteroatoms. The SMILES string of the molecule is c1ccc(-c2nc(-c3ccc(-c4cccnc4)cc3)nc(-c3cc(-c4cccc5sc6ccccc6c45)cc(-c4cccc5sc6ccccc6c45)c3)n2)cc1. The van der Waals surface area contributed by atoms with E-state index in [1.165, 1.54) is 51.5 Å². The Morgan fingerprint density at radius 3 is 1.36 bits per heavy atom. The molecule has 0 saturated heterocycles. The lowest BCUT2D eigenvalue weighted by Crippen LogP contribution is -2.00. The molecule has 0 N–H and O–H groups in total. The summed E-state index contributed by atoms with van der Waals surface area (Å²) in [4.78, 5) is 19.8. The molecule has 0 atom stereocenters. The Morgan fingerprint density at radius 2 is 0.786 bits per heavy atom. The Hall–Kier alpha value is -6.86. The Kier molecular flexibility index (Phi) is 7.83. The van der Waals surface area contributed by atoms with Gasteiger partial charge in [0.2, 0.25) is 0 Å². The second-order valence-corrected chi connectivity index (χ2v) is 16.0. The topological polar surface area (TPSA) is 51.6 Å². The van der Waals surface area contributed by atoms with Gasteiger partial charge in [0.05, 0.1) is 0 Å². The van der Waals surface area contributed by atoms with Crippen molar-refractivity contribution in [3.8, 4) is 67.5 Å². The van der Waals surface area contributed by atoms with Gasteiger partial charge >= 0.3 is 0 Å². The number of hydrogen-bond donors (Lipinski definition) is 0. The highest BCUT2D eigenvalue weighted by atomic mass is 32.1. The average Bonchev–Trinajstić information content (AvgIpc) is 3.86. The minimum Gasteiger partial charge on any atom is -0.264 e. The molecule has 0 aliphatic rings. The first-order valence-corrected chi connectivity index (χ1v) is 20.2. The number of benzene rings is 7. The molecule has 0 fully saturated rings. The number of aromatic nitrogens is 4. The monoisotopic (exact) mass is 750 g/mol. The van der Waals surface area contributed by atoms with Crippen LogP contribution in [0.25, 0.3) is 108 Å². The van der Waals surface area contributed by atoms with Crippen molar-refractivity contribution in [2.24, 2.45) is 0 Å². The van der Waals surface area contributed by atoms with Crippen LogP contribution in [0.15, 0.2) is 182 Å². The second-order valence-electron chi connectivity index (χ2n) is 13.8. The molecule has 4 heterocycles. The summed E-state index contributed by atoms with van der Waals surface area (Å²) < 4.78 is 5.10. The van der Waals surface area contributed by atoms with Gasteiger partial charge in [0, 0.05) is 69.4 Å². The largest absolute Gasteiger partial charge is 0.264 e. The van der Waals surface area contributed by atoms with Crippen molar-refractivity contribution < 1.29 is 0 Å². The summed E-state index contributed by atoms with van der Waals surface area (Å²) in [7, 11) is 0. The molecule has 11 rings (SSSR count). The van der Waals surface area contributed by atoms with E-state index in [2.05, 4.69) is 151 Å². The van der Waals surface area contributed by atoms with Crippen LogP contribution in [0.5, 0.6) is 0 Å². The molecule has 4 nitrogen and oxygen atoms in total. The van der Waals surface area contributed by atoms with Gasteiger partial charge in [-0.05, 0) is 81.9 Å². The summed E-state index contributed by atoms with van der Waals surface area (Å²) in [5, 5.41) is 5.07. The van der Waals surface area contributed by atoms with Gasteiger partial charge in [-0.3, -0.25) is 4.98 Å². The third kappa shape index (κ3) is 5.66. The van der Waals surface area contributed by atoms with E-state index in [-0.39, 0.29) is 0 Å². The zero-order valence-electron chi connectivity index (χ0n) is 29.9. The Bertz CT molecular complexity index is 3110.